The van der Waals surface area contributed by atoms with E-state index in [1.54, 1.807) is 18.2 Å². The van der Waals surface area contributed by atoms with Crippen LogP contribution in [0.4, 0.5) is 16.2 Å². The fourth-order valence-electron chi connectivity index (χ4n) is 3.48. The molecule has 2 aromatic carbocycles. The Morgan fingerprint density at radius 3 is 2.41 bits per heavy atom. The number of amides is 2. The van der Waals surface area contributed by atoms with Crippen molar-refractivity contribution in [3.05, 3.63) is 53.2 Å². The molecule has 0 aliphatic heterocycles. The van der Waals surface area contributed by atoms with Gasteiger partial charge in [0.2, 0.25) is 0 Å². The van der Waals surface area contributed by atoms with Crippen molar-refractivity contribution < 1.29 is 19.1 Å². The summed E-state index contributed by atoms with van der Waals surface area (Å²) in [6.07, 6.45) is 0.870. The molecule has 10 nitrogen and oxygen atoms in total. The minimum Gasteiger partial charge on any atom is -0.492 e. The van der Waals surface area contributed by atoms with Gasteiger partial charge >= 0.3 is 6.09 Å². The number of nitrogens with zero attached hydrogens (tertiary/aromatic N) is 3. The van der Waals surface area contributed by atoms with Crippen LogP contribution in [0.1, 0.15) is 63.0 Å². The lowest BCUT2D eigenvalue weighted by Gasteiger charge is -2.22. The number of hydrogen-bond donors (Lipinski definition) is 3. The Morgan fingerprint density at radius 2 is 1.78 bits per heavy atom. The van der Waals surface area contributed by atoms with Crippen LogP contribution in [-0.2, 0) is 5.41 Å². The van der Waals surface area contributed by atoms with E-state index in [4.69, 9.17) is 15.2 Å². The van der Waals surface area contributed by atoms with E-state index in [1.807, 2.05) is 39.8 Å². The van der Waals surface area contributed by atoms with Gasteiger partial charge in [-0.05, 0) is 53.1 Å². The van der Waals surface area contributed by atoms with Crippen LogP contribution >= 0.6 is 0 Å². The summed E-state index contributed by atoms with van der Waals surface area (Å²) in [5, 5.41) is 13.6. The molecule has 1 heterocycles. The fraction of sp³-hybridized carbons (Fsp3) is 0.407. The molecule has 37 heavy (non-hydrogen) atoms. The number of hydrogen-bond acceptors (Lipinski definition) is 7. The van der Waals surface area contributed by atoms with Crippen molar-refractivity contribution in [2.24, 2.45) is 5.41 Å². The Bertz CT molecular complexity index is 1300. The molecular weight excluding hydrogens is 472 g/mol. The molecule has 198 valence electrons. The molecule has 0 radical (unpaired) electrons. The predicted octanol–water partition coefficient (Wildman–Crippen LogP) is 4.85. The molecule has 3 rings (SSSR count). The van der Waals surface area contributed by atoms with Crippen LogP contribution in [0.5, 0.6) is 11.6 Å². The third kappa shape index (κ3) is 6.99. The quantitative estimate of drug-likeness (QED) is 0.405. The number of methoxy groups -OCH3 is 1. The minimum atomic E-state index is -0.613. The van der Waals surface area contributed by atoms with Gasteiger partial charge < -0.3 is 25.8 Å². The smallest absolute Gasteiger partial charge is 0.414 e. The zero-order valence-corrected chi connectivity index (χ0v) is 22.7. The number of rotatable bonds is 6. The number of aryl methyl sites for hydroxylation is 1. The first-order valence-corrected chi connectivity index (χ1v) is 12.0. The van der Waals surface area contributed by atoms with Gasteiger partial charge in [-0.1, -0.05) is 57.9 Å². The van der Waals surface area contributed by atoms with Crippen LogP contribution in [0.15, 0.2) is 36.5 Å². The highest BCUT2D eigenvalue weighted by Gasteiger charge is 2.21. The van der Waals surface area contributed by atoms with Crippen molar-refractivity contribution in [1.29, 1.82) is 0 Å². The maximum absolute atomic E-state index is 13.2. The maximum Gasteiger partial charge on any atom is 0.414 e. The first-order chi connectivity index (χ1) is 17.2. The Balaban J connectivity index is 1.83. The topological polar surface area (TPSA) is 133 Å². The number of ether oxygens (including phenoxy) is 2. The molecule has 0 spiro atoms. The Hall–Kier alpha value is -4.08. The molecule has 0 atom stereocenters. The number of nitrogens with one attached hydrogen (secondary N) is 2. The van der Waals surface area contributed by atoms with E-state index >= 15 is 0 Å². The number of benzene rings is 2. The maximum atomic E-state index is 13.2. The van der Waals surface area contributed by atoms with Crippen LogP contribution in [0.3, 0.4) is 0 Å². The van der Waals surface area contributed by atoms with Gasteiger partial charge in [0, 0.05) is 12.1 Å². The number of nitrogen functional groups attached to an aromatic ring is 1. The van der Waals surface area contributed by atoms with E-state index in [0.29, 0.717) is 34.9 Å². The summed E-state index contributed by atoms with van der Waals surface area (Å²) in [5.74, 6) is 0.0968. The average molecular weight is 509 g/mol. The molecule has 10 heteroatoms. The van der Waals surface area contributed by atoms with Crippen LogP contribution < -0.4 is 25.8 Å². The third-order valence-corrected chi connectivity index (χ3v) is 5.59. The van der Waals surface area contributed by atoms with Gasteiger partial charge in [0.1, 0.15) is 0 Å². The van der Waals surface area contributed by atoms with Crippen molar-refractivity contribution >= 4 is 23.4 Å². The fourth-order valence-corrected chi connectivity index (χ4v) is 3.48. The summed E-state index contributed by atoms with van der Waals surface area (Å²) in [5.41, 5.74) is 9.69. The van der Waals surface area contributed by atoms with Gasteiger partial charge in [0.25, 0.3) is 11.8 Å². The summed E-state index contributed by atoms with van der Waals surface area (Å²) >= 11 is 0. The van der Waals surface area contributed by atoms with Gasteiger partial charge in [-0.3, -0.25) is 4.79 Å². The highest BCUT2D eigenvalue weighted by atomic mass is 16.6. The van der Waals surface area contributed by atoms with Crippen molar-refractivity contribution in [3.63, 3.8) is 0 Å². The lowest BCUT2D eigenvalue weighted by Crippen LogP contribution is -2.34. The predicted molar refractivity (Wildman–Crippen MR) is 144 cm³/mol. The van der Waals surface area contributed by atoms with E-state index in [9.17, 15) is 9.59 Å². The second-order valence-corrected chi connectivity index (χ2v) is 11.2. The van der Waals surface area contributed by atoms with Gasteiger partial charge in [-0.2, -0.15) is 0 Å². The highest BCUT2D eigenvalue weighted by molar-refractivity contribution is 6.06. The van der Waals surface area contributed by atoms with E-state index in [0.717, 1.165) is 11.1 Å². The first kappa shape index (κ1) is 27.5. The molecule has 4 N–H and O–H groups in total. The van der Waals surface area contributed by atoms with Crippen LogP contribution in [-0.4, -0.2) is 40.6 Å². The number of carbonyl (C=O) groups excluding carboxylic acids is 2. The summed E-state index contributed by atoms with van der Waals surface area (Å²) in [7, 11) is 1.51. The standard InChI is InChI=1S/C27H36N6O4/c1-16-9-10-17(24(34)30-20-13-18(27(5,6)7)12-19(28)23(20)36-8)11-21(16)33-14-22(31-32-33)37-25(35)29-15-26(2,3)4/h9-14H,15,28H2,1-8H3,(H,29,35)(H,30,34). The Morgan fingerprint density at radius 1 is 1.08 bits per heavy atom. The van der Waals surface area contributed by atoms with Gasteiger partial charge in [0.15, 0.2) is 5.75 Å². The molecule has 0 aliphatic rings. The monoisotopic (exact) mass is 508 g/mol. The van der Waals surface area contributed by atoms with Crippen molar-refractivity contribution in [1.82, 2.24) is 20.3 Å². The molecular formula is C27H36N6O4. The van der Waals surface area contributed by atoms with Gasteiger partial charge in [-0.15, -0.1) is 0 Å². The minimum absolute atomic E-state index is 0.0415. The van der Waals surface area contributed by atoms with Crippen LogP contribution in [0.2, 0.25) is 0 Å². The lowest BCUT2D eigenvalue weighted by molar-refractivity contribution is 0.102. The van der Waals surface area contributed by atoms with Crippen molar-refractivity contribution in [2.45, 2.75) is 53.9 Å². The van der Waals surface area contributed by atoms with Gasteiger partial charge in [0.05, 0.1) is 30.4 Å². The van der Waals surface area contributed by atoms with E-state index in [2.05, 4.69) is 41.7 Å². The summed E-state index contributed by atoms with van der Waals surface area (Å²) < 4.78 is 12.1. The molecule has 0 aliphatic carbocycles. The number of nitrogens with two attached hydrogens (primary N) is 1. The largest absolute Gasteiger partial charge is 0.492 e. The molecule has 0 fully saturated rings. The van der Waals surface area contributed by atoms with E-state index in [-0.39, 0.29) is 22.6 Å². The molecule has 0 saturated carbocycles. The zero-order valence-electron chi connectivity index (χ0n) is 22.7. The van der Waals surface area contributed by atoms with Crippen LogP contribution in [0, 0.1) is 12.3 Å². The second kappa shape index (κ2) is 10.5. The van der Waals surface area contributed by atoms with E-state index in [1.165, 1.54) is 18.0 Å². The van der Waals surface area contributed by atoms with Crippen LogP contribution in [0.25, 0.3) is 5.69 Å². The SMILES string of the molecule is COc1c(N)cc(C(C)(C)C)cc1NC(=O)c1ccc(C)c(-n2cc(OC(=O)NCC(C)(C)C)nn2)c1. The summed E-state index contributed by atoms with van der Waals surface area (Å²) in [6.45, 7) is 14.5. The average Bonchev–Trinajstić information content (AvgIpc) is 3.24. The molecule has 1 aromatic heterocycles. The first-order valence-electron chi connectivity index (χ1n) is 12.0. The second-order valence-electron chi connectivity index (χ2n) is 11.2. The third-order valence-electron chi connectivity index (χ3n) is 5.59. The number of carbonyl (C=O) groups is 2. The number of anilines is 2. The molecule has 0 unspecified atom stereocenters. The van der Waals surface area contributed by atoms with Crippen molar-refractivity contribution in [2.75, 3.05) is 24.7 Å². The lowest BCUT2D eigenvalue weighted by atomic mass is 9.86. The molecule has 0 saturated heterocycles. The summed E-state index contributed by atoms with van der Waals surface area (Å²) in [4.78, 5) is 25.3. The van der Waals surface area contributed by atoms with Crippen molar-refractivity contribution in [3.8, 4) is 17.3 Å². The molecule has 2 amide bonds. The normalized spacial score (nSPS) is 11.7. The Kier molecular flexibility index (Phi) is 7.80. The number of aromatic nitrogens is 3. The van der Waals surface area contributed by atoms with E-state index < -0.39 is 6.09 Å². The van der Waals surface area contributed by atoms with Gasteiger partial charge in [-0.25, -0.2) is 9.48 Å². The Labute approximate surface area is 217 Å². The molecule has 0 bridgehead atoms. The zero-order chi connectivity index (χ0) is 27.5. The molecule has 3 aromatic rings. The summed E-state index contributed by atoms with van der Waals surface area (Å²) in [6, 6.07) is 8.93. The highest BCUT2D eigenvalue weighted by Crippen LogP contribution is 2.37.